The SMILES string of the molecule is CC1(C)C2CC(=C(F)B3OC(C)(C)C(C)(C)O3)CC21. The molecule has 2 saturated carbocycles. The molecule has 4 heteroatoms. The summed E-state index contributed by atoms with van der Waals surface area (Å²) in [6.45, 7) is 12.4. The molecule has 2 nitrogen and oxygen atoms in total. The lowest BCUT2D eigenvalue weighted by Gasteiger charge is -2.32. The molecule has 3 aliphatic rings. The summed E-state index contributed by atoms with van der Waals surface area (Å²) in [5.41, 5.74) is 0.251. The van der Waals surface area contributed by atoms with Gasteiger partial charge in [0.25, 0.3) is 0 Å². The minimum atomic E-state index is -0.805. The molecule has 2 unspecified atom stereocenters. The second-order valence-electron chi connectivity index (χ2n) is 7.98. The van der Waals surface area contributed by atoms with Gasteiger partial charge in [-0.25, -0.2) is 4.39 Å². The molecule has 0 N–H and O–H groups in total. The third-order valence-corrected chi connectivity index (χ3v) is 6.02. The Labute approximate surface area is 115 Å². The Balaban J connectivity index is 1.75. The number of halogens is 1. The Kier molecular flexibility index (Phi) is 2.61. The predicted molar refractivity (Wildman–Crippen MR) is 74.2 cm³/mol. The van der Waals surface area contributed by atoms with Crippen molar-refractivity contribution < 1.29 is 13.7 Å². The molecular weight excluding hydrogens is 242 g/mol. The molecule has 1 saturated heterocycles. The van der Waals surface area contributed by atoms with E-state index in [9.17, 15) is 4.39 Å². The molecule has 1 heterocycles. The van der Waals surface area contributed by atoms with Gasteiger partial charge in [-0.05, 0) is 63.4 Å². The minimum absolute atomic E-state index is 0.165. The molecule has 106 valence electrons. The lowest BCUT2D eigenvalue weighted by Crippen LogP contribution is -2.41. The van der Waals surface area contributed by atoms with E-state index in [2.05, 4.69) is 13.8 Å². The molecule has 1 aliphatic heterocycles. The number of hydrogen-bond donors (Lipinski definition) is 0. The molecule has 3 fully saturated rings. The van der Waals surface area contributed by atoms with E-state index in [0.717, 1.165) is 18.4 Å². The molecule has 3 rings (SSSR count). The predicted octanol–water partition coefficient (Wildman–Crippen LogP) is 3.91. The zero-order chi connectivity index (χ0) is 14.2. The molecule has 0 bridgehead atoms. The van der Waals surface area contributed by atoms with Gasteiger partial charge in [-0.1, -0.05) is 13.8 Å². The first-order valence-corrected chi connectivity index (χ1v) is 7.29. The van der Waals surface area contributed by atoms with Crippen LogP contribution in [-0.2, 0) is 9.31 Å². The Morgan fingerprint density at radius 3 is 1.84 bits per heavy atom. The van der Waals surface area contributed by atoms with Crippen LogP contribution in [0.4, 0.5) is 4.39 Å². The molecule has 0 amide bonds. The maximum Gasteiger partial charge on any atom is 0.525 e. The lowest BCUT2D eigenvalue weighted by molar-refractivity contribution is 0.00578. The Morgan fingerprint density at radius 2 is 1.42 bits per heavy atom. The van der Waals surface area contributed by atoms with Gasteiger partial charge in [-0.3, -0.25) is 0 Å². The van der Waals surface area contributed by atoms with E-state index in [0.29, 0.717) is 17.3 Å². The van der Waals surface area contributed by atoms with Gasteiger partial charge in [-0.15, -0.1) is 0 Å². The molecule has 2 aliphatic carbocycles. The van der Waals surface area contributed by atoms with Crippen molar-refractivity contribution >= 4 is 7.12 Å². The molecule has 0 aromatic rings. The van der Waals surface area contributed by atoms with E-state index in [1.165, 1.54) is 0 Å². The molecule has 0 radical (unpaired) electrons. The van der Waals surface area contributed by atoms with Crippen molar-refractivity contribution in [3.63, 3.8) is 0 Å². The van der Waals surface area contributed by atoms with Crippen LogP contribution in [0.1, 0.15) is 54.4 Å². The van der Waals surface area contributed by atoms with Gasteiger partial charge in [0.15, 0.2) is 0 Å². The number of rotatable bonds is 1. The second kappa shape index (κ2) is 3.64. The topological polar surface area (TPSA) is 18.5 Å². The first-order valence-electron chi connectivity index (χ1n) is 7.29. The summed E-state index contributed by atoms with van der Waals surface area (Å²) in [6, 6.07) is 0. The van der Waals surface area contributed by atoms with Crippen molar-refractivity contribution in [1.82, 2.24) is 0 Å². The molecule has 2 atom stereocenters. The molecule has 0 aromatic heterocycles. The summed E-state index contributed by atoms with van der Waals surface area (Å²) in [7, 11) is -0.805. The first-order chi connectivity index (χ1) is 8.56. The second-order valence-corrected chi connectivity index (χ2v) is 7.98. The third-order valence-electron chi connectivity index (χ3n) is 6.02. The molecular formula is C15H24BFO2. The molecule has 0 aromatic carbocycles. The summed E-state index contributed by atoms with van der Waals surface area (Å²) >= 11 is 0. The fourth-order valence-electron chi connectivity index (χ4n) is 3.59. The first kappa shape index (κ1) is 13.6. The van der Waals surface area contributed by atoms with Crippen LogP contribution in [0.3, 0.4) is 0 Å². The lowest BCUT2D eigenvalue weighted by atomic mass is 9.82. The van der Waals surface area contributed by atoms with E-state index in [1.54, 1.807) is 0 Å². The van der Waals surface area contributed by atoms with Crippen LogP contribution in [0.25, 0.3) is 0 Å². The number of hydrogen-bond acceptors (Lipinski definition) is 2. The quantitative estimate of drug-likeness (QED) is 0.670. The van der Waals surface area contributed by atoms with E-state index in [-0.39, 0.29) is 5.73 Å². The standard InChI is InChI=1S/C15H24BFO2/c1-13(2)10-7-9(8-11(10)13)12(17)16-18-14(3,4)15(5,6)19-16/h10-11H,7-8H2,1-6H3. The maximum atomic E-state index is 14.6. The zero-order valence-electron chi connectivity index (χ0n) is 12.8. The van der Waals surface area contributed by atoms with Crippen LogP contribution in [0.15, 0.2) is 11.3 Å². The highest BCUT2D eigenvalue weighted by Crippen LogP contribution is 2.68. The fraction of sp³-hybridized carbons (Fsp3) is 0.867. The largest absolute Gasteiger partial charge is 0.525 e. The van der Waals surface area contributed by atoms with Crippen molar-refractivity contribution in [2.45, 2.75) is 65.6 Å². The zero-order valence-corrected chi connectivity index (χ0v) is 12.8. The van der Waals surface area contributed by atoms with Crippen molar-refractivity contribution in [3.05, 3.63) is 11.3 Å². The van der Waals surface area contributed by atoms with Gasteiger partial charge in [0.05, 0.1) is 11.2 Å². The third kappa shape index (κ3) is 1.83. The Hall–Kier alpha value is -0.345. The highest BCUT2D eigenvalue weighted by Gasteiger charge is 2.62. The summed E-state index contributed by atoms with van der Waals surface area (Å²) in [4.78, 5) is 0. The van der Waals surface area contributed by atoms with Gasteiger partial charge in [-0.2, -0.15) is 0 Å². The number of allylic oxidation sites excluding steroid dienone is 1. The van der Waals surface area contributed by atoms with Crippen molar-refractivity contribution in [2.75, 3.05) is 0 Å². The Morgan fingerprint density at radius 1 is 1.00 bits per heavy atom. The summed E-state index contributed by atoms with van der Waals surface area (Å²) < 4.78 is 26.1. The van der Waals surface area contributed by atoms with Crippen LogP contribution in [-0.4, -0.2) is 18.3 Å². The Bertz CT molecular complexity index is 421. The summed E-state index contributed by atoms with van der Waals surface area (Å²) in [6.07, 6.45) is 1.77. The van der Waals surface area contributed by atoms with Crippen LogP contribution in [0.2, 0.25) is 0 Å². The van der Waals surface area contributed by atoms with Gasteiger partial charge >= 0.3 is 7.12 Å². The van der Waals surface area contributed by atoms with Crippen LogP contribution in [0, 0.1) is 17.3 Å². The van der Waals surface area contributed by atoms with Gasteiger partial charge < -0.3 is 9.31 Å². The monoisotopic (exact) mass is 266 g/mol. The van der Waals surface area contributed by atoms with Crippen molar-refractivity contribution in [1.29, 1.82) is 0 Å². The maximum absolute atomic E-state index is 14.6. The summed E-state index contributed by atoms with van der Waals surface area (Å²) in [5, 5.41) is 0. The van der Waals surface area contributed by atoms with E-state index >= 15 is 0 Å². The van der Waals surface area contributed by atoms with Crippen molar-refractivity contribution in [3.8, 4) is 0 Å². The summed E-state index contributed by atoms with van der Waals surface area (Å²) in [5.74, 6) is 1.33. The minimum Gasteiger partial charge on any atom is -0.398 e. The highest BCUT2D eigenvalue weighted by molar-refractivity contribution is 6.53. The number of fused-ring (bicyclic) bond motifs is 1. The van der Waals surface area contributed by atoms with Crippen molar-refractivity contribution in [2.24, 2.45) is 17.3 Å². The van der Waals surface area contributed by atoms with E-state index in [4.69, 9.17) is 9.31 Å². The average molecular weight is 266 g/mol. The van der Waals surface area contributed by atoms with Crippen LogP contribution < -0.4 is 0 Å². The normalized spacial score (nSPS) is 37.4. The van der Waals surface area contributed by atoms with Crippen LogP contribution in [0.5, 0.6) is 0 Å². The fourth-order valence-corrected chi connectivity index (χ4v) is 3.59. The van der Waals surface area contributed by atoms with E-state index in [1.807, 2.05) is 27.7 Å². The molecule has 0 spiro atoms. The average Bonchev–Trinajstić information content (AvgIpc) is 2.67. The van der Waals surface area contributed by atoms with Crippen LogP contribution >= 0.6 is 0 Å². The smallest absolute Gasteiger partial charge is 0.398 e. The van der Waals surface area contributed by atoms with Gasteiger partial charge in [0.1, 0.15) is 5.73 Å². The highest BCUT2D eigenvalue weighted by atomic mass is 19.1. The van der Waals surface area contributed by atoms with Gasteiger partial charge in [0.2, 0.25) is 0 Å². The van der Waals surface area contributed by atoms with Gasteiger partial charge in [0, 0.05) is 0 Å². The molecule has 19 heavy (non-hydrogen) atoms. The van der Waals surface area contributed by atoms with E-state index < -0.39 is 18.3 Å².